The number of H-pyrrole nitrogens is 2. The molecule has 326 valence electrons. The molecule has 62 heavy (non-hydrogen) atoms. The fourth-order valence-corrected chi connectivity index (χ4v) is 9.42. The summed E-state index contributed by atoms with van der Waals surface area (Å²) >= 11 is 12.2. The first kappa shape index (κ1) is 44.5. The normalized spacial score (nSPS) is 19.0. The van der Waals surface area contributed by atoms with Crippen molar-refractivity contribution >= 4 is 58.4 Å². The average molecular weight is 904 g/mol. The fraction of sp³-hybridized carbons (Fsp3) is 0.364. The Bertz CT molecular complexity index is 2390. The Morgan fingerprint density at radius 3 is 1.79 bits per heavy atom. The molecular weight excluding hydrogens is 856 g/mol. The number of amides is 4. The van der Waals surface area contributed by atoms with Gasteiger partial charge in [-0.25, -0.2) is 19.6 Å². The lowest BCUT2D eigenvalue weighted by molar-refractivity contribution is -0.135. The number of benzene rings is 3. The number of rotatable bonds is 12. The highest BCUT2D eigenvalue weighted by molar-refractivity contribution is 7.91. The quantitative estimate of drug-likeness (QED) is 0.0911. The monoisotopic (exact) mass is 902 g/mol. The molecule has 2 aliphatic heterocycles. The zero-order valence-electron chi connectivity index (χ0n) is 34.8. The maximum Gasteiger partial charge on any atom is 0.407 e. The maximum atomic E-state index is 14.2. The molecule has 15 nitrogen and oxygen atoms in total. The van der Waals surface area contributed by atoms with Gasteiger partial charge in [0.1, 0.15) is 29.0 Å². The lowest BCUT2D eigenvalue weighted by Gasteiger charge is -2.29. The summed E-state index contributed by atoms with van der Waals surface area (Å²) in [6, 6.07) is 21.8. The van der Waals surface area contributed by atoms with E-state index in [1.807, 2.05) is 68.4 Å². The zero-order valence-corrected chi connectivity index (χ0v) is 37.1. The van der Waals surface area contributed by atoms with Gasteiger partial charge >= 0.3 is 12.2 Å². The highest BCUT2D eigenvalue weighted by Crippen LogP contribution is 2.40. The van der Waals surface area contributed by atoms with Gasteiger partial charge in [0.15, 0.2) is 10.3 Å². The summed E-state index contributed by atoms with van der Waals surface area (Å²) in [6.07, 6.45) is 2.06. The number of likely N-dealkylation sites (tertiary alicyclic amines) is 2. The maximum absolute atomic E-state index is 14.2. The molecular formula is C44H48Cl2N8O7S. The zero-order chi connectivity index (χ0) is 44.2. The van der Waals surface area contributed by atoms with Crippen molar-refractivity contribution in [1.29, 1.82) is 0 Å². The van der Waals surface area contributed by atoms with Crippen LogP contribution in [0.2, 0.25) is 10.3 Å². The molecule has 6 atom stereocenters. The van der Waals surface area contributed by atoms with Crippen molar-refractivity contribution in [2.24, 2.45) is 5.92 Å². The molecule has 0 aliphatic carbocycles. The van der Waals surface area contributed by atoms with E-state index in [-0.39, 0.29) is 40.0 Å². The summed E-state index contributed by atoms with van der Waals surface area (Å²) in [7, 11) is 2.50. The van der Waals surface area contributed by atoms with Crippen molar-refractivity contribution in [3.05, 3.63) is 106 Å². The number of imidazole rings is 2. The third-order valence-electron chi connectivity index (χ3n) is 11.4. The second-order valence-corrected chi connectivity index (χ2v) is 18.0. The van der Waals surface area contributed by atoms with Crippen LogP contribution < -0.4 is 10.6 Å². The number of alkyl carbamates (subject to hydrolysis) is 2. The number of carbonyl (C=O) groups excluding carboxylic acids is 4. The van der Waals surface area contributed by atoms with E-state index in [9.17, 15) is 23.7 Å². The van der Waals surface area contributed by atoms with Crippen molar-refractivity contribution in [1.82, 2.24) is 40.4 Å². The predicted octanol–water partition coefficient (Wildman–Crippen LogP) is 7.60. The van der Waals surface area contributed by atoms with Crippen LogP contribution in [-0.2, 0) is 30.2 Å². The standard InChI is InChI=1S/C44H48Cl2N8O7S/c1-24(2)33(49-43(57)60-3)41(55)53-21-9-12-31(53)39-47-34(37(45)51-39)28-17-13-25(14-18-28)26-15-19-29(20-16-26)35-38(46)52-40(48-35)32-22-30(62(5)59)23-54(32)42(56)36(50-44(58)61-4)27-10-7-6-8-11-27/h6-8,10-11,13-20,24,30-33,36H,9,12,21-23H2,1-5H3,(H,47,51)(H,48,52)(H,49,57)(H,50,58)/t30-,31-,32-,33-,36-,62?/m0/s1. The van der Waals surface area contributed by atoms with E-state index in [0.29, 0.717) is 48.0 Å². The van der Waals surface area contributed by atoms with Gasteiger partial charge in [-0.3, -0.25) is 9.59 Å². The second kappa shape index (κ2) is 19.2. The smallest absolute Gasteiger partial charge is 0.407 e. The molecule has 0 spiro atoms. The van der Waals surface area contributed by atoms with E-state index in [0.717, 1.165) is 28.7 Å². The van der Waals surface area contributed by atoms with Crippen LogP contribution in [-0.4, -0.2) is 103 Å². The van der Waals surface area contributed by atoms with Crippen LogP contribution in [0.25, 0.3) is 33.6 Å². The van der Waals surface area contributed by atoms with Crippen molar-refractivity contribution in [3.63, 3.8) is 0 Å². The third-order valence-corrected chi connectivity index (χ3v) is 13.3. The number of nitrogens with one attached hydrogen (secondary N) is 4. The highest BCUT2D eigenvalue weighted by Gasteiger charge is 2.45. The molecule has 18 heteroatoms. The van der Waals surface area contributed by atoms with Gasteiger partial charge in [-0.2, -0.15) is 0 Å². The van der Waals surface area contributed by atoms with Gasteiger partial charge in [-0.1, -0.05) is 127 Å². The van der Waals surface area contributed by atoms with E-state index in [1.54, 1.807) is 40.3 Å². The number of hydrogen-bond acceptors (Lipinski definition) is 9. The number of aromatic nitrogens is 4. The molecule has 4 heterocycles. The minimum Gasteiger partial charge on any atom is -0.616 e. The van der Waals surface area contributed by atoms with Crippen molar-refractivity contribution in [2.45, 2.75) is 62.5 Å². The summed E-state index contributed by atoms with van der Waals surface area (Å²) in [6.45, 7) is 4.47. The summed E-state index contributed by atoms with van der Waals surface area (Å²) < 4.78 is 22.3. The number of nitrogens with zero attached hydrogens (tertiary/aromatic N) is 4. The van der Waals surface area contributed by atoms with Crippen LogP contribution in [0.5, 0.6) is 0 Å². The molecule has 2 aromatic heterocycles. The lowest BCUT2D eigenvalue weighted by Crippen LogP contribution is -2.51. The predicted molar refractivity (Wildman–Crippen MR) is 237 cm³/mol. The van der Waals surface area contributed by atoms with E-state index in [4.69, 9.17) is 32.7 Å². The van der Waals surface area contributed by atoms with Crippen molar-refractivity contribution in [3.8, 4) is 33.6 Å². The van der Waals surface area contributed by atoms with Crippen LogP contribution >= 0.6 is 23.2 Å². The van der Waals surface area contributed by atoms with Crippen LogP contribution in [0.1, 0.15) is 68.4 Å². The van der Waals surface area contributed by atoms with Crippen LogP contribution in [0.4, 0.5) is 9.59 Å². The molecule has 7 rings (SSSR count). The first-order valence-electron chi connectivity index (χ1n) is 20.2. The SMILES string of the molecule is COC(=O)N[C@H](C(=O)N1C[C@@H]([S+](C)[O-])C[C@H]1c1nc(Cl)c(-c2ccc(-c3ccc(-c4[nH]c([C@@H]5CCCN5C(=O)[C@@H](NC(=O)OC)C(C)C)nc4Cl)cc3)cc2)[nH]1)c1ccccc1. The Hall–Kier alpha value is -5.55. The van der Waals surface area contributed by atoms with Gasteiger partial charge in [-0.15, -0.1) is 0 Å². The second-order valence-electron chi connectivity index (χ2n) is 15.6. The number of carbonyl (C=O) groups is 4. The molecule has 3 aromatic carbocycles. The van der Waals surface area contributed by atoms with E-state index >= 15 is 0 Å². The minimum atomic E-state index is -1.24. The van der Waals surface area contributed by atoms with E-state index in [2.05, 4.69) is 30.6 Å². The van der Waals surface area contributed by atoms with Crippen LogP contribution in [0.3, 0.4) is 0 Å². The average Bonchev–Trinajstić information content (AvgIpc) is 4.10. The molecule has 0 bridgehead atoms. The molecule has 4 amide bonds. The lowest BCUT2D eigenvalue weighted by atomic mass is 10.0. The minimum absolute atomic E-state index is 0.154. The Balaban J connectivity index is 1.07. The first-order valence-corrected chi connectivity index (χ1v) is 22.5. The largest absolute Gasteiger partial charge is 0.616 e. The Labute approximate surface area is 372 Å². The summed E-state index contributed by atoms with van der Waals surface area (Å²) in [5.41, 5.74) is 5.25. The molecule has 1 unspecified atom stereocenters. The van der Waals surface area contributed by atoms with E-state index in [1.165, 1.54) is 14.2 Å². The summed E-state index contributed by atoms with van der Waals surface area (Å²) in [5, 5.41) is 5.52. The van der Waals surface area contributed by atoms with Crippen LogP contribution in [0.15, 0.2) is 78.9 Å². The van der Waals surface area contributed by atoms with Gasteiger partial charge in [-0.05, 0) is 35.4 Å². The first-order chi connectivity index (χ1) is 29.8. The molecule has 2 fully saturated rings. The Morgan fingerprint density at radius 2 is 1.27 bits per heavy atom. The summed E-state index contributed by atoms with van der Waals surface area (Å²) in [5.74, 6) is 0.277. The number of hydrogen-bond donors (Lipinski definition) is 4. The van der Waals surface area contributed by atoms with Crippen molar-refractivity contribution in [2.75, 3.05) is 33.6 Å². The molecule has 4 N–H and O–H groups in total. The molecule has 2 saturated heterocycles. The summed E-state index contributed by atoms with van der Waals surface area (Å²) in [4.78, 5) is 71.5. The van der Waals surface area contributed by atoms with Crippen LogP contribution in [0, 0.1) is 5.92 Å². The Kier molecular flexibility index (Phi) is 13.8. The van der Waals surface area contributed by atoms with Gasteiger partial charge < -0.3 is 44.4 Å². The van der Waals surface area contributed by atoms with Gasteiger partial charge in [0, 0.05) is 24.1 Å². The molecule has 0 radical (unpaired) electrons. The fourth-order valence-electron chi connectivity index (χ4n) is 8.10. The van der Waals surface area contributed by atoms with Gasteiger partial charge in [0.25, 0.3) is 5.91 Å². The molecule has 2 aliphatic rings. The van der Waals surface area contributed by atoms with Gasteiger partial charge in [0.05, 0.1) is 50.5 Å². The van der Waals surface area contributed by atoms with E-state index < -0.39 is 47.4 Å². The number of ether oxygens (including phenoxy) is 2. The topological polar surface area (TPSA) is 198 Å². The molecule has 0 saturated carbocycles. The number of aromatic amines is 2. The molecule has 5 aromatic rings. The van der Waals surface area contributed by atoms with Gasteiger partial charge in [0.2, 0.25) is 5.91 Å². The van der Waals surface area contributed by atoms with Crippen molar-refractivity contribution < 1.29 is 33.2 Å². The number of methoxy groups -OCH3 is 2. The number of halogens is 2. The Morgan fingerprint density at radius 1 is 0.758 bits per heavy atom. The third kappa shape index (κ3) is 9.43. The highest BCUT2D eigenvalue weighted by atomic mass is 35.5.